The van der Waals surface area contributed by atoms with Crippen LogP contribution in [-0.4, -0.2) is 43.5 Å². The number of halogens is 3. The fraction of sp³-hybridized carbons (Fsp3) is 0.588. The van der Waals surface area contributed by atoms with Crippen LogP contribution in [0, 0.1) is 5.92 Å². The number of likely N-dealkylation sites (tertiary alicyclic amines) is 1. The summed E-state index contributed by atoms with van der Waals surface area (Å²) in [4.78, 5) is 25.9. The predicted molar refractivity (Wildman–Crippen MR) is 111 cm³/mol. The minimum Gasteiger partial charge on any atom is -0.348 e. The average Bonchev–Trinajstić information content (AvgIpc) is 2.61. The molecule has 6 nitrogen and oxygen atoms in total. The summed E-state index contributed by atoms with van der Waals surface area (Å²) in [6.45, 7) is 3.76. The van der Waals surface area contributed by atoms with E-state index in [1.165, 1.54) is 0 Å². The largest absolute Gasteiger partial charge is 0.348 e. The SMILES string of the molecule is CCC(=O)NC(NC(=S)N1CC2C[C@@H](C1)c1cccc(=O)n1C2)C(Cl)(Cl)Cl. The molecule has 0 aliphatic carbocycles. The van der Waals surface area contributed by atoms with E-state index >= 15 is 0 Å². The van der Waals surface area contributed by atoms with Crippen LogP contribution in [0.5, 0.6) is 0 Å². The first-order valence-electron chi connectivity index (χ1n) is 8.80. The van der Waals surface area contributed by atoms with Gasteiger partial charge in [-0.25, -0.2) is 0 Å². The minimum absolute atomic E-state index is 0.0369. The van der Waals surface area contributed by atoms with Crippen molar-refractivity contribution in [3.05, 3.63) is 34.2 Å². The Balaban J connectivity index is 1.73. The van der Waals surface area contributed by atoms with Crippen LogP contribution in [0.4, 0.5) is 0 Å². The smallest absolute Gasteiger partial charge is 0.250 e. The minimum atomic E-state index is -1.75. The lowest BCUT2D eigenvalue weighted by Crippen LogP contribution is -2.60. The molecule has 1 aromatic heterocycles. The fourth-order valence-corrected chi connectivity index (χ4v) is 4.33. The highest BCUT2D eigenvalue weighted by atomic mass is 35.6. The van der Waals surface area contributed by atoms with Gasteiger partial charge in [-0.2, -0.15) is 0 Å². The molecule has 0 radical (unpaired) electrons. The van der Waals surface area contributed by atoms with E-state index in [4.69, 9.17) is 47.0 Å². The highest BCUT2D eigenvalue weighted by Crippen LogP contribution is 2.35. The number of amides is 1. The Labute approximate surface area is 178 Å². The molecule has 2 aliphatic heterocycles. The number of nitrogens with zero attached hydrogens (tertiary/aromatic N) is 2. The first-order chi connectivity index (χ1) is 12.7. The Hall–Kier alpha value is -1.02. The Morgan fingerprint density at radius 1 is 1.30 bits per heavy atom. The standard InChI is InChI=1S/C17H21Cl3N4O2S/c1-2-13(25)21-15(17(18,19)20)22-16(27)23-7-10-6-11(9-23)12-4-3-5-14(26)24(12)8-10/h3-5,10-11,15H,2,6-9H2,1H3,(H,21,25)(H,22,27)/t10?,11-,15?/m0/s1. The molecule has 0 aromatic carbocycles. The number of rotatable bonds is 3. The summed E-state index contributed by atoms with van der Waals surface area (Å²) in [5.74, 6) is 0.278. The van der Waals surface area contributed by atoms with Gasteiger partial charge in [0.05, 0.1) is 0 Å². The van der Waals surface area contributed by atoms with Crippen LogP contribution in [0.25, 0.3) is 0 Å². The predicted octanol–water partition coefficient (Wildman–Crippen LogP) is 2.36. The highest BCUT2D eigenvalue weighted by molar-refractivity contribution is 7.80. The molecule has 3 atom stereocenters. The van der Waals surface area contributed by atoms with Crippen LogP contribution in [-0.2, 0) is 11.3 Å². The zero-order valence-electron chi connectivity index (χ0n) is 14.8. The second-order valence-corrected chi connectivity index (χ2v) is 9.70. The summed E-state index contributed by atoms with van der Waals surface area (Å²) in [5, 5.41) is 6.04. The molecule has 0 spiro atoms. The number of nitrogens with one attached hydrogen (secondary N) is 2. The number of hydrogen-bond donors (Lipinski definition) is 2. The first kappa shape index (κ1) is 20.7. The summed E-state index contributed by atoms with van der Waals surface area (Å²) >= 11 is 23.5. The molecule has 3 rings (SSSR count). The van der Waals surface area contributed by atoms with Gasteiger partial charge in [0.2, 0.25) is 9.70 Å². The maximum absolute atomic E-state index is 12.1. The number of piperidine rings is 1. The van der Waals surface area contributed by atoms with E-state index in [9.17, 15) is 9.59 Å². The van der Waals surface area contributed by atoms with Gasteiger partial charge in [0.1, 0.15) is 6.17 Å². The first-order valence-corrected chi connectivity index (χ1v) is 10.3. The van der Waals surface area contributed by atoms with E-state index in [0.717, 1.165) is 12.1 Å². The van der Waals surface area contributed by atoms with Crippen LogP contribution in [0.15, 0.2) is 23.0 Å². The molecule has 1 saturated heterocycles. The maximum atomic E-state index is 12.1. The van der Waals surface area contributed by atoms with E-state index < -0.39 is 9.96 Å². The summed E-state index contributed by atoms with van der Waals surface area (Å²) in [5.41, 5.74) is 1.07. The molecule has 2 N–H and O–H groups in total. The van der Waals surface area contributed by atoms with Gasteiger partial charge in [-0.3, -0.25) is 9.59 Å². The van der Waals surface area contributed by atoms with Gasteiger partial charge in [0.15, 0.2) is 5.11 Å². The lowest BCUT2D eigenvalue weighted by atomic mass is 9.83. The van der Waals surface area contributed by atoms with Crippen molar-refractivity contribution in [2.75, 3.05) is 13.1 Å². The third-order valence-corrected chi connectivity index (χ3v) is 6.02. The lowest BCUT2D eigenvalue weighted by Gasteiger charge is -2.44. The number of alkyl halides is 3. The monoisotopic (exact) mass is 450 g/mol. The molecule has 0 saturated carbocycles. The van der Waals surface area contributed by atoms with Crippen molar-refractivity contribution in [1.82, 2.24) is 20.1 Å². The highest BCUT2D eigenvalue weighted by Gasteiger charge is 2.38. The Kier molecular flexibility index (Phi) is 6.25. The van der Waals surface area contributed by atoms with Gasteiger partial charge >= 0.3 is 0 Å². The van der Waals surface area contributed by atoms with Gasteiger partial charge in [-0.1, -0.05) is 47.8 Å². The van der Waals surface area contributed by atoms with Crippen LogP contribution in [0.2, 0.25) is 0 Å². The number of fused-ring (bicyclic) bond motifs is 4. The zero-order chi connectivity index (χ0) is 19.8. The van der Waals surface area contributed by atoms with Crippen molar-refractivity contribution in [3.63, 3.8) is 0 Å². The zero-order valence-corrected chi connectivity index (χ0v) is 17.8. The van der Waals surface area contributed by atoms with Gasteiger partial charge < -0.3 is 20.1 Å². The van der Waals surface area contributed by atoms with E-state index in [1.54, 1.807) is 19.1 Å². The maximum Gasteiger partial charge on any atom is 0.250 e. The topological polar surface area (TPSA) is 66.4 Å². The number of aromatic nitrogens is 1. The molecule has 2 unspecified atom stereocenters. The van der Waals surface area contributed by atoms with E-state index in [1.807, 2.05) is 15.5 Å². The van der Waals surface area contributed by atoms with Crippen molar-refractivity contribution in [1.29, 1.82) is 0 Å². The van der Waals surface area contributed by atoms with Crippen LogP contribution in [0.3, 0.4) is 0 Å². The van der Waals surface area contributed by atoms with Gasteiger partial charge in [-0.05, 0) is 30.6 Å². The molecule has 2 bridgehead atoms. The normalized spacial score (nSPS) is 22.6. The number of carbonyl (C=O) groups excluding carboxylic acids is 1. The molecule has 3 heterocycles. The average molecular weight is 452 g/mol. The molecule has 1 amide bonds. The summed E-state index contributed by atoms with van der Waals surface area (Å²) in [7, 11) is 0. The Morgan fingerprint density at radius 2 is 2.04 bits per heavy atom. The third-order valence-electron chi connectivity index (χ3n) is 4.99. The summed E-state index contributed by atoms with van der Waals surface area (Å²) in [6, 6.07) is 5.38. The second kappa shape index (κ2) is 8.15. The molecule has 1 fully saturated rings. The molecule has 27 heavy (non-hydrogen) atoms. The quantitative estimate of drug-likeness (QED) is 0.420. The number of carbonyl (C=O) groups is 1. The molecule has 2 aliphatic rings. The number of hydrogen-bond acceptors (Lipinski definition) is 3. The van der Waals surface area contributed by atoms with E-state index in [0.29, 0.717) is 30.7 Å². The molecule has 148 valence electrons. The molecular weight excluding hydrogens is 431 g/mol. The summed E-state index contributed by atoms with van der Waals surface area (Å²) in [6.07, 6.45) is 0.354. The lowest BCUT2D eigenvalue weighted by molar-refractivity contribution is -0.121. The second-order valence-electron chi connectivity index (χ2n) is 6.95. The van der Waals surface area contributed by atoms with Crippen molar-refractivity contribution in [2.24, 2.45) is 5.92 Å². The van der Waals surface area contributed by atoms with Gasteiger partial charge in [0.25, 0.3) is 5.56 Å². The van der Waals surface area contributed by atoms with E-state index in [-0.39, 0.29) is 23.8 Å². The summed E-state index contributed by atoms with van der Waals surface area (Å²) < 4.78 is 0.110. The van der Waals surface area contributed by atoms with Crippen LogP contribution < -0.4 is 16.2 Å². The molecule has 10 heteroatoms. The van der Waals surface area contributed by atoms with E-state index in [2.05, 4.69) is 10.6 Å². The van der Waals surface area contributed by atoms with Crippen molar-refractivity contribution >= 4 is 58.0 Å². The van der Waals surface area contributed by atoms with Gasteiger partial charge in [-0.15, -0.1) is 0 Å². The van der Waals surface area contributed by atoms with Crippen molar-refractivity contribution in [3.8, 4) is 0 Å². The van der Waals surface area contributed by atoms with Crippen LogP contribution in [0.1, 0.15) is 31.4 Å². The Bertz CT molecular complexity index is 795. The van der Waals surface area contributed by atoms with Crippen molar-refractivity contribution < 1.29 is 4.79 Å². The molecule has 1 aromatic rings. The van der Waals surface area contributed by atoms with Gasteiger partial charge in [0, 0.05) is 43.7 Å². The Morgan fingerprint density at radius 3 is 2.70 bits per heavy atom. The third kappa shape index (κ3) is 4.70. The van der Waals surface area contributed by atoms with Crippen molar-refractivity contribution in [2.45, 2.75) is 42.2 Å². The molecular formula is C17H21Cl3N4O2S. The number of thiocarbonyl (C=S) groups is 1. The number of pyridine rings is 1. The van der Waals surface area contributed by atoms with Crippen LogP contribution >= 0.6 is 47.0 Å². The fourth-order valence-electron chi connectivity index (χ4n) is 3.74.